The number of likely N-dealkylation sites (N-methyl/N-ethyl adjacent to an activating group) is 1. The van der Waals surface area contributed by atoms with E-state index in [1.807, 2.05) is 42.3 Å². The Morgan fingerprint density at radius 2 is 2.15 bits per heavy atom. The zero-order valence-corrected chi connectivity index (χ0v) is 15.3. The van der Waals surface area contributed by atoms with Crippen LogP contribution in [0.25, 0.3) is 0 Å². The van der Waals surface area contributed by atoms with Crippen LogP contribution < -0.4 is 14.8 Å². The molecule has 0 fully saturated rings. The number of amides is 1. The van der Waals surface area contributed by atoms with Crippen LogP contribution in [0, 0.1) is 5.92 Å². The Morgan fingerprint density at radius 1 is 1.35 bits per heavy atom. The van der Waals surface area contributed by atoms with Crippen molar-refractivity contribution in [2.24, 2.45) is 5.92 Å². The van der Waals surface area contributed by atoms with E-state index < -0.39 is 0 Å². The average Bonchev–Trinajstić information content (AvgIpc) is 2.66. The molecule has 3 rings (SSSR count). The van der Waals surface area contributed by atoms with Crippen LogP contribution in [0.5, 0.6) is 11.5 Å². The highest BCUT2D eigenvalue weighted by Gasteiger charge is 2.21. The van der Waals surface area contributed by atoms with Crippen LogP contribution in [0.3, 0.4) is 0 Å². The second kappa shape index (κ2) is 8.67. The molecule has 2 heterocycles. The number of aromatic nitrogens is 1. The van der Waals surface area contributed by atoms with E-state index in [1.54, 1.807) is 19.5 Å². The summed E-state index contributed by atoms with van der Waals surface area (Å²) in [7, 11) is 3.59. The zero-order chi connectivity index (χ0) is 18.4. The molecule has 0 radical (unpaired) electrons. The molecule has 6 heteroatoms. The largest absolute Gasteiger partial charge is 0.497 e. The number of benzene rings is 1. The third kappa shape index (κ3) is 4.95. The number of pyridine rings is 1. The van der Waals surface area contributed by atoms with Crippen molar-refractivity contribution in [3.05, 3.63) is 53.9 Å². The van der Waals surface area contributed by atoms with Crippen molar-refractivity contribution in [1.29, 1.82) is 0 Å². The van der Waals surface area contributed by atoms with E-state index in [2.05, 4.69) is 10.3 Å². The predicted molar refractivity (Wildman–Crippen MR) is 99.3 cm³/mol. The molecule has 1 N–H and O–H groups in total. The number of hydrogen-bond acceptors (Lipinski definition) is 5. The molecule has 0 bridgehead atoms. The number of carbonyl (C=O) groups excluding carboxylic acids is 1. The molecule has 0 spiro atoms. The normalized spacial score (nSPS) is 15.9. The maximum Gasteiger partial charge on any atom is 0.234 e. The van der Waals surface area contributed by atoms with Gasteiger partial charge in [0.05, 0.1) is 20.3 Å². The van der Waals surface area contributed by atoms with Gasteiger partial charge in [-0.15, -0.1) is 0 Å². The molecule has 1 amide bonds. The fourth-order valence-electron chi connectivity index (χ4n) is 3.09. The highest BCUT2D eigenvalue weighted by atomic mass is 16.5. The van der Waals surface area contributed by atoms with E-state index in [1.165, 1.54) is 0 Å². The van der Waals surface area contributed by atoms with Crippen molar-refractivity contribution in [3.63, 3.8) is 0 Å². The number of ether oxygens (including phenoxy) is 2. The first-order valence-electron chi connectivity index (χ1n) is 8.78. The smallest absolute Gasteiger partial charge is 0.234 e. The minimum Gasteiger partial charge on any atom is -0.497 e. The highest BCUT2D eigenvalue weighted by Crippen LogP contribution is 2.30. The van der Waals surface area contributed by atoms with Crippen molar-refractivity contribution in [2.75, 3.05) is 33.9 Å². The molecule has 6 nitrogen and oxygen atoms in total. The first-order valence-corrected chi connectivity index (χ1v) is 8.78. The van der Waals surface area contributed by atoms with Gasteiger partial charge in [-0.05, 0) is 42.8 Å². The lowest BCUT2D eigenvalue weighted by atomic mass is 9.96. The van der Waals surface area contributed by atoms with Crippen LogP contribution >= 0.6 is 0 Å². The van der Waals surface area contributed by atoms with Crippen molar-refractivity contribution < 1.29 is 14.3 Å². The van der Waals surface area contributed by atoms with Gasteiger partial charge in [-0.25, -0.2) is 0 Å². The van der Waals surface area contributed by atoms with E-state index in [0.29, 0.717) is 19.7 Å². The third-order valence-corrected chi connectivity index (χ3v) is 4.46. The summed E-state index contributed by atoms with van der Waals surface area (Å²) in [6, 6.07) is 9.81. The van der Waals surface area contributed by atoms with Gasteiger partial charge in [-0.3, -0.25) is 14.7 Å². The minimum atomic E-state index is 0.0297. The number of rotatable bonds is 7. The average molecular weight is 355 g/mol. The lowest BCUT2D eigenvalue weighted by Crippen LogP contribution is -2.39. The van der Waals surface area contributed by atoms with Gasteiger partial charge >= 0.3 is 0 Å². The Bertz CT molecular complexity index is 736. The fraction of sp³-hybridized carbons (Fsp3) is 0.400. The van der Waals surface area contributed by atoms with E-state index in [9.17, 15) is 4.79 Å². The summed E-state index contributed by atoms with van der Waals surface area (Å²) in [4.78, 5) is 18.2. The number of nitrogens with one attached hydrogen (secondary N) is 1. The second-order valence-corrected chi connectivity index (χ2v) is 6.69. The Balaban J connectivity index is 1.43. The van der Waals surface area contributed by atoms with Gasteiger partial charge in [0.2, 0.25) is 5.91 Å². The Morgan fingerprint density at radius 3 is 2.92 bits per heavy atom. The molecule has 0 saturated heterocycles. The van der Waals surface area contributed by atoms with Crippen LogP contribution in [0.4, 0.5) is 0 Å². The van der Waals surface area contributed by atoms with Gasteiger partial charge in [0, 0.05) is 37.5 Å². The summed E-state index contributed by atoms with van der Waals surface area (Å²) in [5.41, 5.74) is 2.30. The minimum absolute atomic E-state index is 0.0297. The van der Waals surface area contributed by atoms with Gasteiger partial charge in [-0.1, -0.05) is 6.07 Å². The molecule has 0 unspecified atom stereocenters. The summed E-state index contributed by atoms with van der Waals surface area (Å²) >= 11 is 0. The summed E-state index contributed by atoms with van der Waals surface area (Å²) < 4.78 is 11.0. The van der Waals surface area contributed by atoms with E-state index in [0.717, 1.165) is 35.6 Å². The van der Waals surface area contributed by atoms with Crippen molar-refractivity contribution in [2.45, 2.75) is 13.0 Å². The number of carbonyl (C=O) groups is 1. The van der Waals surface area contributed by atoms with E-state index in [-0.39, 0.29) is 11.8 Å². The maximum atomic E-state index is 12.2. The zero-order valence-electron chi connectivity index (χ0n) is 15.3. The van der Waals surface area contributed by atoms with Crippen molar-refractivity contribution >= 4 is 5.91 Å². The van der Waals surface area contributed by atoms with Crippen molar-refractivity contribution in [1.82, 2.24) is 15.2 Å². The van der Waals surface area contributed by atoms with Gasteiger partial charge in [-0.2, -0.15) is 0 Å². The lowest BCUT2D eigenvalue weighted by Gasteiger charge is -2.26. The Kier molecular flexibility index (Phi) is 6.07. The molecular formula is C20H25N3O3. The van der Waals surface area contributed by atoms with Crippen LogP contribution in [-0.4, -0.2) is 49.6 Å². The Hall–Kier alpha value is -2.60. The second-order valence-electron chi connectivity index (χ2n) is 6.69. The third-order valence-electron chi connectivity index (χ3n) is 4.46. The van der Waals surface area contributed by atoms with E-state index in [4.69, 9.17) is 9.47 Å². The molecule has 138 valence electrons. The molecule has 1 aliphatic rings. The van der Waals surface area contributed by atoms with Gasteiger partial charge in [0.25, 0.3) is 0 Å². The van der Waals surface area contributed by atoms with Crippen LogP contribution in [0.2, 0.25) is 0 Å². The SMILES string of the molecule is COc1ccc2c(c1)OC[C@@H](CNC(=O)CN(C)Cc1ccncc1)C2. The van der Waals surface area contributed by atoms with Gasteiger partial charge in [0.15, 0.2) is 0 Å². The molecule has 2 aromatic rings. The van der Waals surface area contributed by atoms with Gasteiger partial charge < -0.3 is 14.8 Å². The Labute approximate surface area is 154 Å². The number of hydrogen-bond donors (Lipinski definition) is 1. The summed E-state index contributed by atoms with van der Waals surface area (Å²) in [6.45, 7) is 2.31. The van der Waals surface area contributed by atoms with Gasteiger partial charge in [0.1, 0.15) is 11.5 Å². The summed E-state index contributed by atoms with van der Waals surface area (Å²) in [5, 5.41) is 3.02. The molecule has 26 heavy (non-hydrogen) atoms. The quantitative estimate of drug-likeness (QED) is 0.822. The highest BCUT2D eigenvalue weighted by molar-refractivity contribution is 5.78. The van der Waals surface area contributed by atoms with Crippen molar-refractivity contribution in [3.8, 4) is 11.5 Å². The van der Waals surface area contributed by atoms with E-state index >= 15 is 0 Å². The monoisotopic (exact) mass is 355 g/mol. The maximum absolute atomic E-state index is 12.2. The molecule has 1 aliphatic heterocycles. The lowest BCUT2D eigenvalue weighted by molar-refractivity contribution is -0.122. The number of nitrogens with zero attached hydrogens (tertiary/aromatic N) is 2. The molecule has 1 atom stereocenters. The molecule has 1 aromatic heterocycles. The standard InChI is InChI=1S/C20H25N3O3/c1-23(12-15-5-7-21-8-6-15)13-20(24)22-11-16-9-17-3-4-18(25-2)10-19(17)26-14-16/h3-8,10,16H,9,11-14H2,1-2H3,(H,22,24)/t16-/m1/s1. The number of fused-ring (bicyclic) bond motifs is 1. The topological polar surface area (TPSA) is 63.7 Å². The van der Waals surface area contributed by atoms with Crippen LogP contribution in [0.1, 0.15) is 11.1 Å². The molecule has 1 aromatic carbocycles. The van der Waals surface area contributed by atoms with Crippen LogP contribution in [-0.2, 0) is 17.8 Å². The molecular weight excluding hydrogens is 330 g/mol. The molecule has 0 saturated carbocycles. The molecule has 0 aliphatic carbocycles. The predicted octanol–water partition coefficient (Wildman–Crippen LogP) is 1.89. The summed E-state index contributed by atoms with van der Waals surface area (Å²) in [6.07, 6.45) is 4.42. The first kappa shape index (κ1) is 18.2. The number of methoxy groups -OCH3 is 1. The fourth-order valence-corrected chi connectivity index (χ4v) is 3.09. The summed E-state index contributed by atoms with van der Waals surface area (Å²) in [5.74, 6) is 1.99. The van der Waals surface area contributed by atoms with Crippen LogP contribution in [0.15, 0.2) is 42.7 Å². The first-order chi connectivity index (χ1) is 12.6.